The summed E-state index contributed by atoms with van der Waals surface area (Å²) < 4.78 is 27.3. The minimum atomic E-state index is -3.83. The summed E-state index contributed by atoms with van der Waals surface area (Å²) in [7, 11) is -3.83. The van der Waals surface area contributed by atoms with Crippen molar-refractivity contribution in [2.75, 3.05) is 17.1 Å². The molecule has 2 aromatic carbocycles. The summed E-state index contributed by atoms with van der Waals surface area (Å²) >= 11 is 12.9. The second kappa shape index (κ2) is 12.6. The number of halogens is 2. The lowest BCUT2D eigenvalue weighted by Crippen LogP contribution is -2.52. The molecule has 0 aromatic heterocycles. The molecule has 2 unspecified atom stereocenters. The Bertz CT molecular complexity index is 1410. The van der Waals surface area contributed by atoms with Gasteiger partial charge < -0.3 is 10.2 Å². The van der Waals surface area contributed by atoms with Crippen molar-refractivity contribution in [2.45, 2.75) is 89.8 Å². The molecule has 0 heterocycles. The average molecular weight is 649 g/mol. The molecular formula is C33H43Cl2N3O4S. The molecule has 4 saturated carbocycles. The van der Waals surface area contributed by atoms with Crippen LogP contribution in [0.3, 0.4) is 0 Å². The Morgan fingerprint density at radius 3 is 1.98 bits per heavy atom. The van der Waals surface area contributed by atoms with E-state index >= 15 is 0 Å². The van der Waals surface area contributed by atoms with E-state index in [0.29, 0.717) is 21.3 Å². The Kier molecular flexibility index (Phi) is 9.41. The van der Waals surface area contributed by atoms with E-state index in [4.69, 9.17) is 23.2 Å². The van der Waals surface area contributed by atoms with Crippen molar-refractivity contribution in [2.24, 2.45) is 17.8 Å². The molecular weight excluding hydrogens is 605 g/mol. The first-order valence-corrected chi connectivity index (χ1v) is 18.0. The molecule has 0 radical (unpaired) electrons. The van der Waals surface area contributed by atoms with Crippen molar-refractivity contribution in [3.63, 3.8) is 0 Å². The average Bonchev–Trinajstić information content (AvgIpc) is 2.94. The van der Waals surface area contributed by atoms with Crippen molar-refractivity contribution in [3.8, 4) is 0 Å². The first kappa shape index (κ1) is 32.1. The van der Waals surface area contributed by atoms with Crippen LogP contribution in [0.25, 0.3) is 0 Å². The van der Waals surface area contributed by atoms with Crippen LogP contribution in [0.4, 0.5) is 5.69 Å². The summed E-state index contributed by atoms with van der Waals surface area (Å²) in [6.07, 6.45) is 9.51. The number of nitrogens with zero attached hydrogens (tertiary/aromatic N) is 2. The summed E-state index contributed by atoms with van der Waals surface area (Å²) in [5.74, 6) is 1.53. The fourth-order valence-corrected chi connectivity index (χ4v) is 9.33. The predicted molar refractivity (Wildman–Crippen MR) is 173 cm³/mol. The first-order valence-electron chi connectivity index (χ1n) is 15.4. The van der Waals surface area contributed by atoms with Gasteiger partial charge in [0.25, 0.3) is 0 Å². The van der Waals surface area contributed by atoms with Crippen LogP contribution in [0, 0.1) is 17.8 Å². The van der Waals surface area contributed by atoms with Crippen molar-refractivity contribution < 1.29 is 18.0 Å². The van der Waals surface area contributed by atoms with Crippen molar-refractivity contribution in [1.29, 1.82) is 0 Å². The van der Waals surface area contributed by atoms with E-state index in [9.17, 15) is 18.0 Å². The van der Waals surface area contributed by atoms with Gasteiger partial charge >= 0.3 is 0 Å². The number of hydrogen-bond donors (Lipinski definition) is 1. The van der Waals surface area contributed by atoms with Crippen LogP contribution in [0.5, 0.6) is 0 Å². The molecule has 4 aliphatic rings. The lowest BCUT2D eigenvalue weighted by molar-refractivity contribution is -0.139. The third-order valence-electron chi connectivity index (χ3n) is 10.0. The molecule has 2 atom stereocenters. The zero-order chi connectivity index (χ0) is 31.1. The fraction of sp³-hybridized carbons (Fsp3) is 0.576. The number of anilines is 1. The zero-order valence-electron chi connectivity index (χ0n) is 25.5. The molecule has 0 spiro atoms. The van der Waals surface area contributed by atoms with Crippen molar-refractivity contribution >= 4 is 50.7 Å². The van der Waals surface area contributed by atoms with Crippen LogP contribution in [0.1, 0.15) is 76.8 Å². The molecule has 10 heteroatoms. The summed E-state index contributed by atoms with van der Waals surface area (Å²) in [6, 6.07) is 11.9. The number of carbonyl (C=O) groups is 2. The SMILES string of the molecule is CCC(C)NC(=O)C(C)N(Cc1c(Cl)cccc1Cl)C(=O)CN(c1ccc(C23CC4CC(CC(C4)C2)C3)cc1)S(C)(=O)=O. The van der Waals surface area contributed by atoms with Gasteiger partial charge in [-0.3, -0.25) is 13.9 Å². The number of rotatable bonds is 11. The highest BCUT2D eigenvalue weighted by Gasteiger charge is 2.51. The Morgan fingerprint density at radius 1 is 0.953 bits per heavy atom. The van der Waals surface area contributed by atoms with Gasteiger partial charge in [-0.2, -0.15) is 0 Å². The van der Waals surface area contributed by atoms with Gasteiger partial charge in [-0.15, -0.1) is 0 Å². The molecule has 0 aliphatic heterocycles. The molecule has 234 valence electrons. The Labute approximate surface area is 266 Å². The minimum Gasteiger partial charge on any atom is -0.352 e. The maximum atomic E-state index is 14.0. The van der Waals surface area contributed by atoms with Gasteiger partial charge in [-0.25, -0.2) is 8.42 Å². The maximum Gasteiger partial charge on any atom is 0.244 e. The number of amides is 2. The number of benzene rings is 2. The molecule has 4 bridgehead atoms. The fourth-order valence-electron chi connectivity index (χ4n) is 7.96. The maximum absolute atomic E-state index is 14.0. The lowest BCUT2D eigenvalue weighted by atomic mass is 9.48. The molecule has 1 N–H and O–H groups in total. The topological polar surface area (TPSA) is 86.8 Å². The summed E-state index contributed by atoms with van der Waals surface area (Å²) in [5.41, 5.74) is 2.38. The van der Waals surface area contributed by atoms with E-state index in [-0.39, 0.29) is 23.9 Å². The standard InChI is InChI=1S/C33H43Cl2N3O4S/c1-5-21(2)36-32(40)22(3)37(19-28-29(34)7-6-8-30(28)35)31(39)20-38(43(4,41)42)27-11-9-26(10-12-27)33-16-23-13-24(17-33)15-25(14-23)18-33/h6-12,21-25H,5,13-20H2,1-4H3,(H,36,40). The van der Waals surface area contributed by atoms with E-state index in [2.05, 4.69) is 17.4 Å². The van der Waals surface area contributed by atoms with Crippen LogP contribution >= 0.6 is 23.2 Å². The number of carbonyl (C=O) groups excluding carboxylic acids is 2. The largest absolute Gasteiger partial charge is 0.352 e. The molecule has 0 saturated heterocycles. The molecule has 4 fully saturated rings. The Balaban J connectivity index is 1.41. The third-order valence-corrected chi connectivity index (χ3v) is 11.9. The second-order valence-corrected chi connectivity index (χ2v) is 16.0. The van der Waals surface area contributed by atoms with Gasteiger partial charge in [0.05, 0.1) is 11.9 Å². The Hall–Kier alpha value is -2.29. The molecule has 4 aliphatic carbocycles. The van der Waals surface area contributed by atoms with Crippen LogP contribution in [-0.2, 0) is 31.6 Å². The number of hydrogen-bond acceptors (Lipinski definition) is 4. The summed E-state index contributed by atoms with van der Waals surface area (Å²) in [5, 5.41) is 3.65. The van der Waals surface area contributed by atoms with Crippen molar-refractivity contribution in [1.82, 2.24) is 10.2 Å². The predicted octanol–water partition coefficient (Wildman–Crippen LogP) is 6.56. The van der Waals surface area contributed by atoms with Crippen LogP contribution in [-0.4, -0.2) is 50.0 Å². The van der Waals surface area contributed by atoms with E-state index in [0.717, 1.165) is 34.7 Å². The van der Waals surface area contributed by atoms with Crippen LogP contribution in [0.2, 0.25) is 10.0 Å². The molecule has 7 nitrogen and oxygen atoms in total. The third kappa shape index (κ3) is 6.86. The van der Waals surface area contributed by atoms with E-state index in [1.165, 1.54) is 49.0 Å². The van der Waals surface area contributed by atoms with E-state index < -0.39 is 28.5 Å². The highest BCUT2D eigenvalue weighted by molar-refractivity contribution is 7.92. The Morgan fingerprint density at radius 2 is 1.49 bits per heavy atom. The number of sulfonamides is 1. The first-order chi connectivity index (χ1) is 20.3. The highest BCUT2D eigenvalue weighted by atomic mass is 35.5. The quantitative estimate of drug-likeness (QED) is 0.299. The van der Waals surface area contributed by atoms with Crippen LogP contribution in [0.15, 0.2) is 42.5 Å². The molecule has 43 heavy (non-hydrogen) atoms. The zero-order valence-corrected chi connectivity index (χ0v) is 27.8. The monoisotopic (exact) mass is 647 g/mol. The van der Waals surface area contributed by atoms with Gasteiger partial charge in [-0.05, 0) is 112 Å². The highest BCUT2D eigenvalue weighted by Crippen LogP contribution is 2.60. The van der Waals surface area contributed by atoms with Gasteiger partial charge in [0.15, 0.2) is 0 Å². The molecule has 6 rings (SSSR count). The van der Waals surface area contributed by atoms with E-state index in [1.807, 2.05) is 26.0 Å². The number of nitrogens with one attached hydrogen (secondary N) is 1. The van der Waals surface area contributed by atoms with Gasteiger partial charge in [0.1, 0.15) is 12.6 Å². The summed E-state index contributed by atoms with van der Waals surface area (Å²) in [6.45, 7) is 4.97. The van der Waals surface area contributed by atoms with Gasteiger partial charge in [-0.1, -0.05) is 48.3 Å². The van der Waals surface area contributed by atoms with Crippen molar-refractivity contribution in [3.05, 3.63) is 63.6 Å². The normalized spacial score (nSPS) is 25.7. The van der Waals surface area contributed by atoms with Crippen LogP contribution < -0.4 is 9.62 Å². The molecule has 2 amide bonds. The molecule has 2 aromatic rings. The summed E-state index contributed by atoms with van der Waals surface area (Å²) in [4.78, 5) is 28.5. The second-order valence-electron chi connectivity index (χ2n) is 13.2. The van der Waals surface area contributed by atoms with Gasteiger partial charge in [0.2, 0.25) is 21.8 Å². The van der Waals surface area contributed by atoms with E-state index in [1.54, 1.807) is 25.1 Å². The minimum absolute atomic E-state index is 0.0466. The lowest BCUT2D eigenvalue weighted by Gasteiger charge is -2.57. The smallest absolute Gasteiger partial charge is 0.244 e. The van der Waals surface area contributed by atoms with Gasteiger partial charge in [0, 0.05) is 28.2 Å².